The van der Waals surface area contributed by atoms with Crippen LogP contribution in [0.3, 0.4) is 0 Å². The second-order valence-corrected chi connectivity index (χ2v) is 6.82. The Labute approximate surface area is 113 Å². The summed E-state index contributed by atoms with van der Waals surface area (Å²) in [4.78, 5) is 0.215. The number of rotatable bonds is 2. The minimum absolute atomic E-state index is 0.215. The molecule has 1 aliphatic rings. The molecule has 1 fully saturated rings. The van der Waals surface area contributed by atoms with E-state index in [1.807, 2.05) is 0 Å². The topological polar surface area (TPSA) is 63.4 Å². The van der Waals surface area contributed by atoms with E-state index < -0.39 is 16.2 Å². The maximum Gasteiger partial charge on any atom is 0.244 e. The van der Waals surface area contributed by atoms with Crippen molar-refractivity contribution in [3.05, 3.63) is 29.3 Å². The average Bonchev–Trinajstić information content (AvgIpc) is 2.54. The van der Waals surface area contributed by atoms with E-state index in [1.165, 1.54) is 10.4 Å². The maximum atomic E-state index is 12.5. The number of benzene rings is 1. The largest absolute Gasteiger partial charge is 0.315 e. The van der Waals surface area contributed by atoms with Crippen LogP contribution in [0, 0.1) is 0 Å². The minimum Gasteiger partial charge on any atom is -0.315 e. The monoisotopic (exact) mass is 288 g/mol. The molecule has 0 bridgehead atoms. The zero-order chi connectivity index (χ0) is 13.2. The lowest BCUT2D eigenvalue weighted by Gasteiger charge is -2.26. The average molecular weight is 289 g/mol. The highest BCUT2D eigenvalue weighted by atomic mass is 35.5. The van der Waals surface area contributed by atoms with E-state index in [-0.39, 0.29) is 4.90 Å². The smallest absolute Gasteiger partial charge is 0.244 e. The predicted molar refractivity (Wildman–Crippen MR) is 71.8 cm³/mol. The fraction of sp³-hybridized carbons (Fsp3) is 0.500. The summed E-state index contributed by atoms with van der Waals surface area (Å²) in [5.41, 5.74) is 5.95. The summed E-state index contributed by atoms with van der Waals surface area (Å²) < 4.78 is 26.4. The first-order valence-electron chi connectivity index (χ1n) is 6.05. The molecule has 1 aromatic rings. The van der Waals surface area contributed by atoms with Gasteiger partial charge in [0.2, 0.25) is 10.0 Å². The lowest BCUT2D eigenvalue weighted by molar-refractivity contribution is 0.329. The molecule has 0 radical (unpaired) electrons. The molecule has 6 heteroatoms. The van der Waals surface area contributed by atoms with Crippen LogP contribution in [0.4, 0.5) is 0 Å². The third kappa shape index (κ3) is 2.85. The Hall–Kier alpha value is -0.620. The quantitative estimate of drug-likeness (QED) is 0.907. The number of halogens is 1. The van der Waals surface area contributed by atoms with Gasteiger partial charge < -0.3 is 5.73 Å². The van der Waals surface area contributed by atoms with Crippen molar-refractivity contribution in [3.8, 4) is 0 Å². The van der Waals surface area contributed by atoms with Gasteiger partial charge in [0, 0.05) is 11.6 Å². The van der Waals surface area contributed by atoms with Crippen LogP contribution in [0.25, 0.3) is 0 Å². The molecule has 4 nitrogen and oxygen atoms in total. The van der Waals surface area contributed by atoms with Gasteiger partial charge in [0.15, 0.2) is 0 Å². The molecule has 1 heterocycles. The van der Waals surface area contributed by atoms with Gasteiger partial charge in [0.1, 0.15) is 0 Å². The van der Waals surface area contributed by atoms with E-state index in [9.17, 15) is 8.42 Å². The van der Waals surface area contributed by atoms with Crippen molar-refractivity contribution >= 4 is 21.6 Å². The van der Waals surface area contributed by atoms with Gasteiger partial charge in [-0.25, -0.2) is 8.42 Å². The van der Waals surface area contributed by atoms with Gasteiger partial charge in [0.25, 0.3) is 0 Å². The minimum atomic E-state index is -3.53. The Bertz CT molecular complexity index is 519. The molecule has 2 rings (SSSR count). The second kappa shape index (κ2) is 5.57. The molecular formula is C12H17ClN2O2S. The zero-order valence-corrected chi connectivity index (χ0v) is 11.6. The van der Waals surface area contributed by atoms with Crippen LogP contribution in [-0.2, 0) is 10.0 Å². The Morgan fingerprint density at radius 2 is 2.06 bits per heavy atom. The van der Waals surface area contributed by atoms with Gasteiger partial charge in [0.05, 0.1) is 11.1 Å². The number of sulfonamides is 1. The Morgan fingerprint density at radius 1 is 1.28 bits per heavy atom. The summed E-state index contributed by atoms with van der Waals surface area (Å²) in [6.45, 7) is 0.482. The van der Waals surface area contributed by atoms with Crippen molar-refractivity contribution in [2.75, 3.05) is 6.54 Å². The van der Waals surface area contributed by atoms with E-state index in [0.717, 1.165) is 19.3 Å². The van der Waals surface area contributed by atoms with Crippen LogP contribution in [-0.4, -0.2) is 25.4 Å². The van der Waals surface area contributed by atoms with Crippen molar-refractivity contribution in [2.24, 2.45) is 5.73 Å². The van der Waals surface area contributed by atoms with Gasteiger partial charge in [-0.05, 0) is 31.0 Å². The highest BCUT2D eigenvalue weighted by Crippen LogP contribution is 2.24. The lowest BCUT2D eigenvalue weighted by Crippen LogP contribution is -2.45. The molecule has 18 heavy (non-hydrogen) atoms. The van der Waals surface area contributed by atoms with Crippen LogP contribution in [0.5, 0.6) is 0 Å². The van der Waals surface area contributed by atoms with Crippen molar-refractivity contribution in [2.45, 2.75) is 36.7 Å². The van der Waals surface area contributed by atoms with Crippen LogP contribution in [0.1, 0.15) is 25.7 Å². The van der Waals surface area contributed by atoms with Crippen molar-refractivity contribution < 1.29 is 8.42 Å². The third-order valence-corrected chi connectivity index (χ3v) is 5.31. The van der Waals surface area contributed by atoms with Crippen LogP contribution >= 0.6 is 11.6 Å². The van der Waals surface area contributed by atoms with Gasteiger partial charge >= 0.3 is 0 Å². The first kappa shape index (κ1) is 13.8. The molecule has 2 N–H and O–H groups in total. The lowest BCUT2D eigenvalue weighted by atomic mass is 10.2. The highest BCUT2D eigenvalue weighted by Gasteiger charge is 2.30. The Balaban J connectivity index is 2.35. The molecular weight excluding hydrogens is 272 g/mol. The summed E-state index contributed by atoms with van der Waals surface area (Å²) in [5, 5.41) is 0.416. The van der Waals surface area contributed by atoms with E-state index in [1.54, 1.807) is 18.2 Å². The van der Waals surface area contributed by atoms with E-state index >= 15 is 0 Å². The van der Waals surface area contributed by atoms with Crippen LogP contribution < -0.4 is 5.73 Å². The molecule has 0 aliphatic carbocycles. The zero-order valence-electron chi connectivity index (χ0n) is 10.0. The van der Waals surface area contributed by atoms with Crippen LogP contribution in [0.15, 0.2) is 29.2 Å². The van der Waals surface area contributed by atoms with Crippen molar-refractivity contribution in [3.63, 3.8) is 0 Å². The fourth-order valence-electron chi connectivity index (χ4n) is 2.17. The summed E-state index contributed by atoms with van der Waals surface area (Å²) in [7, 11) is -3.53. The molecule has 1 atom stereocenters. The second-order valence-electron chi connectivity index (χ2n) is 4.49. The fourth-order valence-corrected chi connectivity index (χ4v) is 4.05. The standard InChI is InChI=1S/C12H17ClN2O2S/c13-10-5-4-6-11(9-10)18(16,17)15-8-3-1-2-7-12(15)14/h4-6,9,12H,1-3,7-8,14H2. The van der Waals surface area contributed by atoms with Gasteiger partial charge in [-0.3, -0.25) is 0 Å². The molecule has 1 saturated heterocycles. The maximum absolute atomic E-state index is 12.5. The molecule has 0 saturated carbocycles. The summed E-state index contributed by atoms with van der Waals surface area (Å²) >= 11 is 5.84. The molecule has 1 aromatic carbocycles. The van der Waals surface area contributed by atoms with E-state index in [0.29, 0.717) is 18.0 Å². The number of nitrogens with two attached hydrogens (primary N) is 1. The first-order valence-corrected chi connectivity index (χ1v) is 7.86. The predicted octanol–water partition coefficient (Wildman–Crippen LogP) is 2.19. The number of nitrogens with zero attached hydrogens (tertiary/aromatic N) is 1. The summed E-state index contributed by atoms with van der Waals surface area (Å²) in [6, 6.07) is 6.31. The summed E-state index contributed by atoms with van der Waals surface area (Å²) in [5.74, 6) is 0. The highest BCUT2D eigenvalue weighted by molar-refractivity contribution is 7.89. The number of hydrogen-bond donors (Lipinski definition) is 1. The normalized spacial score (nSPS) is 22.7. The van der Waals surface area contributed by atoms with Gasteiger partial charge in [-0.15, -0.1) is 0 Å². The first-order chi connectivity index (χ1) is 8.51. The molecule has 1 aliphatic heterocycles. The Kier molecular flexibility index (Phi) is 4.27. The Morgan fingerprint density at radius 3 is 2.78 bits per heavy atom. The molecule has 0 amide bonds. The van der Waals surface area contributed by atoms with Gasteiger partial charge in [-0.1, -0.05) is 30.5 Å². The van der Waals surface area contributed by atoms with E-state index in [4.69, 9.17) is 17.3 Å². The molecule has 0 aromatic heterocycles. The number of hydrogen-bond acceptors (Lipinski definition) is 3. The van der Waals surface area contributed by atoms with Crippen molar-refractivity contribution in [1.82, 2.24) is 4.31 Å². The summed E-state index contributed by atoms with van der Waals surface area (Å²) in [6.07, 6.45) is 3.13. The molecule has 1 unspecified atom stereocenters. The molecule has 100 valence electrons. The van der Waals surface area contributed by atoms with Gasteiger partial charge in [-0.2, -0.15) is 4.31 Å². The van der Waals surface area contributed by atoms with Crippen molar-refractivity contribution in [1.29, 1.82) is 0 Å². The van der Waals surface area contributed by atoms with E-state index in [2.05, 4.69) is 0 Å². The molecule has 0 spiro atoms. The SMILES string of the molecule is NC1CCCCCN1S(=O)(=O)c1cccc(Cl)c1. The third-order valence-electron chi connectivity index (χ3n) is 3.15. The van der Waals surface area contributed by atoms with Crippen LogP contribution in [0.2, 0.25) is 5.02 Å².